The molecule has 0 saturated heterocycles. The van der Waals surface area contributed by atoms with Gasteiger partial charge in [0.25, 0.3) is 5.91 Å². The molecule has 0 bridgehead atoms. The number of amides is 1. The lowest BCUT2D eigenvalue weighted by Crippen LogP contribution is -2.48. The second-order valence-electron chi connectivity index (χ2n) is 3.66. The Labute approximate surface area is 111 Å². The molecule has 0 radical (unpaired) electrons. The minimum absolute atomic E-state index is 0.219. The zero-order valence-electron chi connectivity index (χ0n) is 10.6. The maximum absolute atomic E-state index is 12.0. The molecule has 18 heavy (non-hydrogen) atoms. The minimum atomic E-state index is -1.23. The quantitative estimate of drug-likeness (QED) is 0.618. The summed E-state index contributed by atoms with van der Waals surface area (Å²) in [6.07, 6.45) is 0. The molecule has 2 N–H and O–H groups in total. The number of ether oxygens (including phenoxy) is 1. The van der Waals surface area contributed by atoms with Crippen molar-refractivity contribution in [1.82, 2.24) is 4.90 Å². The Kier molecular flexibility index (Phi) is 5.80. The number of nitrogens with zero attached hydrogens (tertiary/aromatic N) is 1. The van der Waals surface area contributed by atoms with Crippen molar-refractivity contribution in [1.29, 1.82) is 0 Å². The standard InChI is InChI=1S/C12H18N2O3S/c1-3-14(8-9-6-5-7-18-9)11(15)10(13)12(16)17-4-2/h5-7,10H,3-4,8,13H2,1-2H3. The summed E-state index contributed by atoms with van der Waals surface area (Å²) >= 11 is 1.56. The number of hydrogen-bond acceptors (Lipinski definition) is 5. The van der Waals surface area contributed by atoms with E-state index in [-0.39, 0.29) is 6.61 Å². The normalized spacial score (nSPS) is 11.9. The molecule has 1 aromatic rings. The van der Waals surface area contributed by atoms with Crippen molar-refractivity contribution in [3.05, 3.63) is 22.4 Å². The van der Waals surface area contributed by atoms with Crippen molar-refractivity contribution < 1.29 is 14.3 Å². The maximum Gasteiger partial charge on any atom is 0.332 e. The first-order valence-corrected chi connectivity index (χ1v) is 6.71. The smallest absolute Gasteiger partial charge is 0.332 e. The van der Waals surface area contributed by atoms with Gasteiger partial charge in [0, 0.05) is 11.4 Å². The molecule has 1 heterocycles. The number of carbonyl (C=O) groups excluding carboxylic acids is 2. The fraction of sp³-hybridized carbons (Fsp3) is 0.500. The summed E-state index contributed by atoms with van der Waals surface area (Å²) in [5, 5.41) is 1.94. The maximum atomic E-state index is 12.0. The molecule has 0 aromatic carbocycles. The average Bonchev–Trinajstić information content (AvgIpc) is 2.87. The third-order valence-electron chi connectivity index (χ3n) is 2.43. The van der Waals surface area contributed by atoms with E-state index in [0.29, 0.717) is 13.1 Å². The third kappa shape index (κ3) is 3.82. The van der Waals surface area contributed by atoms with Crippen molar-refractivity contribution >= 4 is 23.2 Å². The molecule has 0 aliphatic heterocycles. The van der Waals surface area contributed by atoms with Gasteiger partial charge in [0.1, 0.15) is 0 Å². The molecule has 0 saturated carbocycles. The third-order valence-corrected chi connectivity index (χ3v) is 3.29. The molecular weight excluding hydrogens is 252 g/mol. The highest BCUT2D eigenvalue weighted by atomic mass is 32.1. The van der Waals surface area contributed by atoms with Gasteiger partial charge in [-0.05, 0) is 25.3 Å². The molecule has 0 aliphatic rings. The van der Waals surface area contributed by atoms with Crippen LogP contribution in [-0.2, 0) is 20.9 Å². The van der Waals surface area contributed by atoms with E-state index in [4.69, 9.17) is 10.5 Å². The molecule has 1 rings (SSSR count). The molecule has 5 nitrogen and oxygen atoms in total. The summed E-state index contributed by atoms with van der Waals surface area (Å²) < 4.78 is 4.75. The van der Waals surface area contributed by atoms with Gasteiger partial charge in [-0.2, -0.15) is 0 Å². The van der Waals surface area contributed by atoms with Crippen LogP contribution in [0.5, 0.6) is 0 Å². The molecule has 0 fully saturated rings. The lowest BCUT2D eigenvalue weighted by molar-refractivity contribution is -0.151. The molecule has 1 aromatic heterocycles. The van der Waals surface area contributed by atoms with E-state index >= 15 is 0 Å². The fourth-order valence-corrected chi connectivity index (χ4v) is 2.19. The van der Waals surface area contributed by atoms with Crippen molar-refractivity contribution in [2.24, 2.45) is 5.73 Å². The lowest BCUT2D eigenvalue weighted by Gasteiger charge is -2.22. The summed E-state index contributed by atoms with van der Waals surface area (Å²) in [6, 6.07) is 2.63. The largest absolute Gasteiger partial charge is 0.464 e. The predicted molar refractivity (Wildman–Crippen MR) is 70.0 cm³/mol. The Balaban J connectivity index is 2.64. The van der Waals surface area contributed by atoms with Crippen LogP contribution in [0.2, 0.25) is 0 Å². The van der Waals surface area contributed by atoms with E-state index in [1.165, 1.54) is 0 Å². The SMILES string of the molecule is CCOC(=O)C(N)C(=O)N(CC)Cc1cccs1. The number of hydrogen-bond donors (Lipinski definition) is 1. The monoisotopic (exact) mass is 270 g/mol. The Morgan fingerprint density at radius 1 is 1.50 bits per heavy atom. The Morgan fingerprint density at radius 3 is 2.72 bits per heavy atom. The van der Waals surface area contributed by atoms with E-state index < -0.39 is 17.9 Å². The van der Waals surface area contributed by atoms with Crippen molar-refractivity contribution in [2.45, 2.75) is 26.4 Å². The van der Waals surface area contributed by atoms with Crippen LogP contribution >= 0.6 is 11.3 Å². The van der Waals surface area contributed by atoms with Gasteiger partial charge in [0.2, 0.25) is 0 Å². The van der Waals surface area contributed by atoms with Crippen molar-refractivity contribution in [3.8, 4) is 0 Å². The van der Waals surface area contributed by atoms with Crippen LogP contribution in [0.4, 0.5) is 0 Å². The van der Waals surface area contributed by atoms with E-state index in [1.54, 1.807) is 23.2 Å². The van der Waals surface area contributed by atoms with Gasteiger partial charge in [-0.3, -0.25) is 4.79 Å². The molecule has 6 heteroatoms. The van der Waals surface area contributed by atoms with Gasteiger partial charge in [0.15, 0.2) is 6.04 Å². The van der Waals surface area contributed by atoms with Crippen molar-refractivity contribution in [2.75, 3.05) is 13.2 Å². The zero-order valence-corrected chi connectivity index (χ0v) is 11.4. The van der Waals surface area contributed by atoms with E-state index in [0.717, 1.165) is 4.88 Å². The number of likely N-dealkylation sites (N-methyl/N-ethyl adjacent to an activating group) is 1. The topological polar surface area (TPSA) is 72.6 Å². The van der Waals surface area contributed by atoms with Crippen LogP contribution in [0.3, 0.4) is 0 Å². The van der Waals surface area contributed by atoms with Crippen molar-refractivity contribution in [3.63, 3.8) is 0 Å². The van der Waals surface area contributed by atoms with Gasteiger partial charge in [-0.15, -0.1) is 11.3 Å². The first-order valence-electron chi connectivity index (χ1n) is 5.83. The first kappa shape index (κ1) is 14.7. The summed E-state index contributed by atoms with van der Waals surface area (Å²) in [5.41, 5.74) is 5.59. The molecular formula is C12H18N2O3S. The fourth-order valence-electron chi connectivity index (χ4n) is 1.47. The summed E-state index contributed by atoms with van der Waals surface area (Å²) in [6.45, 7) is 4.72. The van der Waals surface area contributed by atoms with E-state index in [1.807, 2.05) is 24.4 Å². The lowest BCUT2D eigenvalue weighted by atomic mass is 10.2. The van der Waals surface area contributed by atoms with Gasteiger partial charge in [-0.25, -0.2) is 4.79 Å². The number of esters is 1. The van der Waals surface area contributed by atoms with Crippen LogP contribution in [0.25, 0.3) is 0 Å². The predicted octanol–water partition coefficient (Wildman–Crippen LogP) is 0.987. The number of nitrogens with two attached hydrogens (primary N) is 1. The summed E-state index contributed by atoms with van der Waals surface area (Å²) in [5.74, 6) is -1.07. The zero-order chi connectivity index (χ0) is 13.5. The Bertz CT molecular complexity index is 392. The molecule has 100 valence electrons. The highest BCUT2D eigenvalue weighted by Crippen LogP contribution is 2.12. The highest BCUT2D eigenvalue weighted by Gasteiger charge is 2.27. The average molecular weight is 270 g/mol. The van der Waals surface area contributed by atoms with Crippen LogP contribution in [0.15, 0.2) is 17.5 Å². The second kappa shape index (κ2) is 7.13. The minimum Gasteiger partial charge on any atom is -0.464 e. The molecule has 1 atom stereocenters. The Morgan fingerprint density at radius 2 is 2.22 bits per heavy atom. The van der Waals surface area contributed by atoms with E-state index in [9.17, 15) is 9.59 Å². The number of thiophene rings is 1. The van der Waals surface area contributed by atoms with Gasteiger partial charge in [-0.1, -0.05) is 6.07 Å². The summed E-state index contributed by atoms with van der Waals surface area (Å²) in [7, 11) is 0. The van der Waals surface area contributed by atoms with Gasteiger partial charge >= 0.3 is 5.97 Å². The van der Waals surface area contributed by atoms with E-state index in [2.05, 4.69) is 0 Å². The van der Waals surface area contributed by atoms with Crippen LogP contribution in [-0.4, -0.2) is 36.0 Å². The second-order valence-corrected chi connectivity index (χ2v) is 4.69. The number of carbonyl (C=O) groups is 2. The van der Waals surface area contributed by atoms with Crippen LogP contribution in [0.1, 0.15) is 18.7 Å². The highest BCUT2D eigenvalue weighted by molar-refractivity contribution is 7.09. The van der Waals surface area contributed by atoms with Crippen LogP contribution < -0.4 is 5.73 Å². The Hall–Kier alpha value is -1.40. The molecule has 1 amide bonds. The molecule has 0 spiro atoms. The van der Waals surface area contributed by atoms with Gasteiger partial charge < -0.3 is 15.4 Å². The molecule has 1 unspecified atom stereocenters. The summed E-state index contributed by atoms with van der Waals surface area (Å²) in [4.78, 5) is 26.0. The first-order chi connectivity index (χ1) is 8.60. The van der Waals surface area contributed by atoms with Gasteiger partial charge in [0.05, 0.1) is 13.2 Å². The number of rotatable bonds is 6. The van der Waals surface area contributed by atoms with Crippen LogP contribution in [0, 0.1) is 0 Å². The molecule has 0 aliphatic carbocycles.